The van der Waals surface area contributed by atoms with E-state index < -0.39 is 0 Å². The van der Waals surface area contributed by atoms with Crippen LogP contribution in [0.5, 0.6) is 0 Å². The van der Waals surface area contributed by atoms with Gasteiger partial charge in [0, 0.05) is 12.6 Å². The minimum absolute atomic E-state index is 0.714. The quantitative estimate of drug-likeness (QED) is 0.635. The molecular formula is C13H30N2. The van der Waals surface area contributed by atoms with Crippen molar-refractivity contribution in [2.45, 2.75) is 52.5 Å². The predicted molar refractivity (Wildman–Crippen MR) is 69.3 cm³/mol. The molecule has 0 saturated heterocycles. The van der Waals surface area contributed by atoms with Crippen molar-refractivity contribution in [3.05, 3.63) is 0 Å². The van der Waals surface area contributed by atoms with Crippen LogP contribution >= 0.6 is 0 Å². The van der Waals surface area contributed by atoms with E-state index in [0.717, 1.165) is 12.5 Å². The lowest BCUT2D eigenvalue weighted by Crippen LogP contribution is -2.36. The van der Waals surface area contributed by atoms with Crippen molar-refractivity contribution < 1.29 is 0 Å². The molecule has 0 aromatic rings. The van der Waals surface area contributed by atoms with Crippen LogP contribution in [0.1, 0.15) is 46.5 Å². The smallest absolute Gasteiger partial charge is 0.00613 e. The molecule has 0 rings (SSSR count). The van der Waals surface area contributed by atoms with Crippen LogP contribution in [0.2, 0.25) is 0 Å². The first-order valence-corrected chi connectivity index (χ1v) is 6.50. The molecule has 0 spiro atoms. The van der Waals surface area contributed by atoms with Gasteiger partial charge >= 0.3 is 0 Å². The van der Waals surface area contributed by atoms with Crippen molar-refractivity contribution in [1.29, 1.82) is 0 Å². The molecule has 0 aromatic carbocycles. The van der Waals surface area contributed by atoms with Crippen molar-refractivity contribution in [2.24, 2.45) is 5.92 Å². The number of nitrogens with one attached hydrogen (secondary N) is 1. The molecule has 92 valence electrons. The van der Waals surface area contributed by atoms with Crippen molar-refractivity contribution in [2.75, 3.05) is 27.2 Å². The van der Waals surface area contributed by atoms with Gasteiger partial charge < -0.3 is 10.2 Å². The molecule has 2 unspecified atom stereocenters. The fourth-order valence-corrected chi connectivity index (χ4v) is 1.94. The van der Waals surface area contributed by atoms with Crippen molar-refractivity contribution in [1.82, 2.24) is 10.2 Å². The molecule has 15 heavy (non-hydrogen) atoms. The Labute approximate surface area is 96.4 Å². The highest BCUT2D eigenvalue weighted by Gasteiger charge is 2.13. The average Bonchev–Trinajstić information content (AvgIpc) is 2.24. The first kappa shape index (κ1) is 14.9. The van der Waals surface area contributed by atoms with Gasteiger partial charge in [-0.1, -0.05) is 26.7 Å². The first-order valence-electron chi connectivity index (χ1n) is 6.50. The Morgan fingerprint density at radius 3 is 2.40 bits per heavy atom. The number of hydrogen-bond acceptors (Lipinski definition) is 2. The summed E-state index contributed by atoms with van der Waals surface area (Å²) in [7, 11) is 4.31. The van der Waals surface area contributed by atoms with Crippen molar-refractivity contribution >= 4 is 0 Å². The summed E-state index contributed by atoms with van der Waals surface area (Å²) in [5.74, 6) is 0.814. The molecule has 0 aliphatic carbocycles. The predicted octanol–water partition coefficient (Wildman–Crippen LogP) is 2.74. The summed E-state index contributed by atoms with van der Waals surface area (Å²) in [4.78, 5) is 2.50. The van der Waals surface area contributed by atoms with Crippen molar-refractivity contribution in [3.63, 3.8) is 0 Å². The van der Waals surface area contributed by atoms with E-state index in [1.807, 2.05) is 0 Å². The van der Waals surface area contributed by atoms with Gasteiger partial charge in [0.2, 0.25) is 0 Å². The standard InChI is InChI=1S/C13H30N2/c1-6-8-9-13(10-14-4)11-15(5)12(3)7-2/h12-14H,6-11H2,1-5H3. The SMILES string of the molecule is CCCCC(CNC)CN(C)C(C)CC. The van der Waals surface area contributed by atoms with Gasteiger partial charge in [-0.05, 0) is 46.3 Å². The van der Waals surface area contributed by atoms with Gasteiger partial charge in [0.05, 0.1) is 0 Å². The molecule has 0 fully saturated rings. The number of hydrogen-bond donors (Lipinski definition) is 1. The second kappa shape index (κ2) is 9.17. The van der Waals surface area contributed by atoms with E-state index in [2.05, 4.69) is 45.1 Å². The number of nitrogens with zero attached hydrogens (tertiary/aromatic N) is 1. The van der Waals surface area contributed by atoms with Crippen LogP contribution in [0.3, 0.4) is 0 Å². The number of rotatable bonds is 9. The Bertz CT molecular complexity index is 136. The second-order valence-corrected chi connectivity index (χ2v) is 4.76. The summed E-state index contributed by atoms with van der Waals surface area (Å²) in [5.41, 5.74) is 0. The van der Waals surface area contributed by atoms with E-state index in [0.29, 0.717) is 6.04 Å². The van der Waals surface area contributed by atoms with E-state index in [1.54, 1.807) is 0 Å². The van der Waals surface area contributed by atoms with Crippen molar-refractivity contribution in [3.8, 4) is 0 Å². The molecule has 2 heteroatoms. The molecule has 0 aliphatic rings. The first-order chi connectivity index (χ1) is 7.15. The van der Waals surface area contributed by atoms with Gasteiger partial charge in [0.25, 0.3) is 0 Å². The summed E-state index contributed by atoms with van der Waals surface area (Å²) in [5, 5.41) is 3.31. The largest absolute Gasteiger partial charge is 0.319 e. The minimum Gasteiger partial charge on any atom is -0.319 e. The minimum atomic E-state index is 0.714. The molecule has 1 N–H and O–H groups in total. The van der Waals surface area contributed by atoms with Crippen LogP contribution in [0.15, 0.2) is 0 Å². The average molecular weight is 214 g/mol. The third-order valence-corrected chi connectivity index (χ3v) is 3.35. The van der Waals surface area contributed by atoms with Gasteiger partial charge in [-0.2, -0.15) is 0 Å². The summed E-state index contributed by atoms with van der Waals surface area (Å²) in [6.45, 7) is 9.24. The van der Waals surface area contributed by atoms with E-state index in [1.165, 1.54) is 32.2 Å². The Morgan fingerprint density at radius 2 is 1.93 bits per heavy atom. The summed E-state index contributed by atoms with van der Waals surface area (Å²) < 4.78 is 0. The van der Waals surface area contributed by atoms with Gasteiger partial charge in [-0.25, -0.2) is 0 Å². The topological polar surface area (TPSA) is 15.3 Å². The van der Waals surface area contributed by atoms with Gasteiger partial charge in [0.15, 0.2) is 0 Å². The zero-order valence-electron chi connectivity index (χ0n) is 11.3. The van der Waals surface area contributed by atoms with Crippen LogP contribution in [-0.2, 0) is 0 Å². The van der Waals surface area contributed by atoms with Crippen LogP contribution in [0, 0.1) is 5.92 Å². The van der Waals surface area contributed by atoms with E-state index in [4.69, 9.17) is 0 Å². The maximum absolute atomic E-state index is 3.31. The zero-order valence-corrected chi connectivity index (χ0v) is 11.3. The lowest BCUT2D eigenvalue weighted by atomic mass is 10.0. The molecule has 0 saturated carbocycles. The second-order valence-electron chi connectivity index (χ2n) is 4.76. The lowest BCUT2D eigenvalue weighted by molar-refractivity contribution is 0.205. The summed E-state index contributed by atoms with van der Waals surface area (Å²) in [6.07, 6.45) is 5.28. The van der Waals surface area contributed by atoms with E-state index in [-0.39, 0.29) is 0 Å². The maximum Gasteiger partial charge on any atom is 0.00613 e. The van der Waals surface area contributed by atoms with Gasteiger partial charge in [-0.3, -0.25) is 0 Å². The third-order valence-electron chi connectivity index (χ3n) is 3.35. The molecule has 0 heterocycles. The lowest BCUT2D eigenvalue weighted by Gasteiger charge is -2.28. The van der Waals surface area contributed by atoms with Crippen LogP contribution < -0.4 is 5.32 Å². The fourth-order valence-electron chi connectivity index (χ4n) is 1.94. The Morgan fingerprint density at radius 1 is 1.27 bits per heavy atom. The zero-order chi connectivity index (χ0) is 11.7. The molecule has 2 atom stereocenters. The molecule has 0 radical (unpaired) electrons. The molecule has 2 nitrogen and oxygen atoms in total. The maximum atomic E-state index is 3.31. The monoisotopic (exact) mass is 214 g/mol. The fraction of sp³-hybridized carbons (Fsp3) is 1.00. The molecule has 0 amide bonds. The highest BCUT2D eigenvalue weighted by molar-refractivity contribution is 4.69. The Kier molecular flexibility index (Phi) is 9.12. The Balaban J connectivity index is 3.91. The third kappa shape index (κ3) is 6.91. The van der Waals surface area contributed by atoms with E-state index in [9.17, 15) is 0 Å². The molecule has 0 aliphatic heterocycles. The highest BCUT2D eigenvalue weighted by atomic mass is 15.1. The molecular weight excluding hydrogens is 184 g/mol. The van der Waals surface area contributed by atoms with E-state index >= 15 is 0 Å². The molecule has 0 bridgehead atoms. The Hall–Kier alpha value is -0.0800. The van der Waals surface area contributed by atoms with Crippen LogP contribution in [-0.4, -0.2) is 38.1 Å². The number of unbranched alkanes of at least 4 members (excludes halogenated alkanes) is 1. The van der Waals surface area contributed by atoms with Gasteiger partial charge in [-0.15, -0.1) is 0 Å². The normalized spacial score (nSPS) is 15.6. The van der Waals surface area contributed by atoms with Crippen LogP contribution in [0.25, 0.3) is 0 Å². The molecule has 0 aromatic heterocycles. The summed E-state index contributed by atoms with van der Waals surface area (Å²) >= 11 is 0. The van der Waals surface area contributed by atoms with Crippen LogP contribution in [0.4, 0.5) is 0 Å². The summed E-state index contributed by atoms with van der Waals surface area (Å²) in [6, 6.07) is 0.714. The van der Waals surface area contributed by atoms with Gasteiger partial charge in [0.1, 0.15) is 0 Å². The highest BCUT2D eigenvalue weighted by Crippen LogP contribution is 2.11.